The van der Waals surface area contributed by atoms with Crippen molar-refractivity contribution in [1.82, 2.24) is 4.72 Å². The number of rotatable bonds is 6. The zero-order chi connectivity index (χ0) is 11.9. The fourth-order valence-corrected chi connectivity index (χ4v) is 3.52. The summed E-state index contributed by atoms with van der Waals surface area (Å²) >= 11 is 0. The summed E-state index contributed by atoms with van der Waals surface area (Å²) in [7, 11) is -3.16. The van der Waals surface area contributed by atoms with Gasteiger partial charge in [-0.3, -0.25) is 0 Å². The summed E-state index contributed by atoms with van der Waals surface area (Å²) in [5.74, 6) is 0. The van der Waals surface area contributed by atoms with Gasteiger partial charge in [-0.1, -0.05) is 24.4 Å². The van der Waals surface area contributed by atoms with Crippen LogP contribution in [0, 0.1) is 0 Å². The third-order valence-corrected chi connectivity index (χ3v) is 4.75. The number of nitrogens with zero attached hydrogens (tertiary/aromatic N) is 3. The van der Waals surface area contributed by atoms with E-state index in [1.54, 1.807) is 0 Å². The number of sulfonamides is 1. The molecule has 1 rings (SSSR count). The van der Waals surface area contributed by atoms with Crippen molar-refractivity contribution in [2.45, 2.75) is 43.8 Å². The van der Waals surface area contributed by atoms with Crippen LogP contribution in [-0.4, -0.2) is 26.8 Å². The first-order valence-electron chi connectivity index (χ1n) is 5.66. The molecule has 0 heterocycles. The molecular formula is C9H18N4O2S. The van der Waals surface area contributed by atoms with E-state index in [9.17, 15) is 8.42 Å². The van der Waals surface area contributed by atoms with Gasteiger partial charge in [0.25, 0.3) is 0 Å². The summed E-state index contributed by atoms with van der Waals surface area (Å²) in [4.78, 5) is 2.61. The van der Waals surface area contributed by atoms with Gasteiger partial charge < -0.3 is 0 Å². The Kier molecular flexibility index (Phi) is 5.59. The second-order valence-corrected chi connectivity index (χ2v) is 6.05. The van der Waals surface area contributed by atoms with Crippen molar-refractivity contribution in [3.05, 3.63) is 10.4 Å². The quantitative estimate of drug-likeness (QED) is 0.335. The lowest BCUT2D eigenvalue weighted by Gasteiger charge is -2.21. The summed E-state index contributed by atoms with van der Waals surface area (Å²) in [5.41, 5.74) is 8.05. The van der Waals surface area contributed by atoms with Gasteiger partial charge >= 0.3 is 0 Å². The molecule has 1 aliphatic rings. The van der Waals surface area contributed by atoms with Gasteiger partial charge in [0.2, 0.25) is 10.0 Å². The van der Waals surface area contributed by atoms with E-state index in [4.69, 9.17) is 5.53 Å². The molecule has 1 fully saturated rings. The van der Waals surface area contributed by atoms with Crippen molar-refractivity contribution in [2.24, 2.45) is 5.11 Å². The molecule has 0 aliphatic heterocycles. The Morgan fingerprint density at radius 1 is 1.31 bits per heavy atom. The fraction of sp³-hybridized carbons (Fsp3) is 1.00. The Morgan fingerprint density at radius 2 is 2.00 bits per heavy atom. The van der Waals surface area contributed by atoms with E-state index in [0.717, 1.165) is 32.1 Å². The molecule has 0 aromatic heterocycles. The van der Waals surface area contributed by atoms with E-state index in [1.165, 1.54) is 0 Å². The third kappa shape index (κ3) is 4.38. The van der Waals surface area contributed by atoms with Crippen LogP contribution in [0.25, 0.3) is 10.4 Å². The van der Waals surface area contributed by atoms with Crippen molar-refractivity contribution >= 4 is 10.0 Å². The Morgan fingerprint density at radius 3 is 2.62 bits per heavy atom. The molecule has 6 nitrogen and oxygen atoms in total. The third-order valence-electron chi connectivity index (χ3n) is 2.79. The largest absolute Gasteiger partial charge is 0.215 e. The molecule has 1 aliphatic carbocycles. The van der Waals surface area contributed by atoms with Crippen LogP contribution in [0.1, 0.15) is 38.5 Å². The summed E-state index contributed by atoms with van der Waals surface area (Å²) < 4.78 is 26.2. The topological polar surface area (TPSA) is 94.9 Å². The van der Waals surface area contributed by atoms with Crippen molar-refractivity contribution in [3.63, 3.8) is 0 Å². The summed E-state index contributed by atoms with van der Waals surface area (Å²) in [6, 6.07) is 0. The van der Waals surface area contributed by atoms with Gasteiger partial charge in [-0.15, -0.1) is 0 Å². The maximum Gasteiger partial charge on any atom is 0.214 e. The van der Waals surface area contributed by atoms with Gasteiger partial charge in [-0.2, -0.15) is 0 Å². The molecule has 16 heavy (non-hydrogen) atoms. The number of nitrogens with one attached hydrogen (secondary N) is 1. The molecule has 1 N–H and O–H groups in total. The first-order valence-corrected chi connectivity index (χ1v) is 7.21. The van der Waals surface area contributed by atoms with Crippen LogP contribution in [-0.2, 0) is 10.0 Å². The monoisotopic (exact) mass is 246 g/mol. The first-order chi connectivity index (χ1) is 7.67. The molecule has 0 atom stereocenters. The molecule has 7 heteroatoms. The Hall–Kier alpha value is -0.780. The van der Waals surface area contributed by atoms with Crippen molar-refractivity contribution in [2.75, 3.05) is 13.1 Å². The fourth-order valence-electron chi connectivity index (χ4n) is 1.90. The van der Waals surface area contributed by atoms with E-state index in [2.05, 4.69) is 14.7 Å². The van der Waals surface area contributed by atoms with E-state index in [-0.39, 0.29) is 5.25 Å². The molecule has 0 amide bonds. The lowest BCUT2D eigenvalue weighted by atomic mass is 10.0. The van der Waals surface area contributed by atoms with Crippen LogP contribution < -0.4 is 4.72 Å². The molecule has 1 saturated carbocycles. The smallest absolute Gasteiger partial charge is 0.214 e. The van der Waals surface area contributed by atoms with Gasteiger partial charge in [0.1, 0.15) is 0 Å². The standard InChI is InChI=1S/C9H18N4O2S/c10-13-11-7-4-8-12-16(14,15)9-5-2-1-3-6-9/h9,12H,1-8H2. The summed E-state index contributed by atoms with van der Waals surface area (Å²) in [6.45, 7) is 0.696. The van der Waals surface area contributed by atoms with Gasteiger partial charge in [-0.25, -0.2) is 13.1 Å². The maximum absolute atomic E-state index is 11.8. The molecule has 0 spiro atoms. The van der Waals surface area contributed by atoms with Gasteiger partial charge in [0.05, 0.1) is 5.25 Å². The van der Waals surface area contributed by atoms with Crippen LogP contribution in [0.15, 0.2) is 5.11 Å². The van der Waals surface area contributed by atoms with Crippen LogP contribution in [0.4, 0.5) is 0 Å². The number of hydrogen-bond acceptors (Lipinski definition) is 3. The molecular weight excluding hydrogens is 228 g/mol. The minimum atomic E-state index is -3.16. The van der Waals surface area contributed by atoms with Gasteiger partial charge in [-0.05, 0) is 24.8 Å². The highest BCUT2D eigenvalue weighted by Gasteiger charge is 2.26. The molecule has 0 aromatic rings. The number of hydrogen-bond donors (Lipinski definition) is 1. The Bertz CT molecular complexity index is 343. The van der Waals surface area contributed by atoms with Crippen LogP contribution in [0.5, 0.6) is 0 Å². The highest BCUT2D eigenvalue weighted by atomic mass is 32.2. The second-order valence-electron chi connectivity index (χ2n) is 4.01. The summed E-state index contributed by atoms with van der Waals surface area (Å²) in [6.07, 6.45) is 5.24. The van der Waals surface area contributed by atoms with Crippen LogP contribution in [0.2, 0.25) is 0 Å². The van der Waals surface area contributed by atoms with Gasteiger partial charge in [0.15, 0.2) is 0 Å². The molecule has 92 valence electrons. The minimum Gasteiger partial charge on any atom is -0.215 e. The van der Waals surface area contributed by atoms with Gasteiger partial charge in [0, 0.05) is 18.0 Å². The minimum absolute atomic E-state index is 0.222. The predicted molar refractivity (Wildman–Crippen MR) is 62.4 cm³/mol. The summed E-state index contributed by atoms with van der Waals surface area (Å²) in [5, 5.41) is 3.13. The molecule has 0 unspecified atom stereocenters. The maximum atomic E-state index is 11.8. The predicted octanol–water partition coefficient (Wildman–Crippen LogP) is 1.94. The SMILES string of the molecule is [N-]=[N+]=NCCCNS(=O)(=O)C1CCCCC1. The van der Waals surface area contributed by atoms with Crippen LogP contribution >= 0.6 is 0 Å². The average molecular weight is 246 g/mol. The van der Waals surface area contributed by atoms with Crippen molar-refractivity contribution < 1.29 is 8.42 Å². The number of azide groups is 1. The van der Waals surface area contributed by atoms with Crippen LogP contribution in [0.3, 0.4) is 0 Å². The molecule has 0 radical (unpaired) electrons. The lowest BCUT2D eigenvalue weighted by molar-refractivity contribution is 0.477. The zero-order valence-electron chi connectivity index (χ0n) is 9.30. The Labute approximate surface area is 96.1 Å². The van der Waals surface area contributed by atoms with E-state index in [1.807, 2.05) is 0 Å². The second kappa shape index (κ2) is 6.73. The zero-order valence-corrected chi connectivity index (χ0v) is 10.1. The normalized spacial score (nSPS) is 18.0. The lowest BCUT2D eigenvalue weighted by Crippen LogP contribution is -2.36. The highest BCUT2D eigenvalue weighted by Crippen LogP contribution is 2.22. The van der Waals surface area contributed by atoms with E-state index >= 15 is 0 Å². The Balaban J connectivity index is 2.30. The first kappa shape index (κ1) is 13.3. The molecule has 0 aromatic carbocycles. The average Bonchev–Trinajstić information content (AvgIpc) is 2.30. The molecule has 0 bridgehead atoms. The van der Waals surface area contributed by atoms with Crippen molar-refractivity contribution in [1.29, 1.82) is 0 Å². The molecule has 0 saturated heterocycles. The van der Waals surface area contributed by atoms with Crippen molar-refractivity contribution in [3.8, 4) is 0 Å². The van der Waals surface area contributed by atoms with E-state index in [0.29, 0.717) is 19.5 Å². The van der Waals surface area contributed by atoms with E-state index < -0.39 is 10.0 Å². The highest BCUT2D eigenvalue weighted by molar-refractivity contribution is 7.90.